The van der Waals surface area contributed by atoms with Crippen molar-refractivity contribution in [2.24, 2.45) is 0 Å². The van der Waals surface area contributed by atoms with Crippen LogP contribution in [-0.4, -0.2) is 39.0 Å². The van der Waals surface area contributed by atoms with Crippen LogP contribution < -0.4 is 4.74 Å². The standard InChI is InChI=1S/C29H34N4O2/c1-4-22(2)23-13-15-25(16-14-23)35-19-8-7-18-33-27-12-6-5-11-26(27)31-28(33)21-32(3)29(34)24-10-9-17-30-20-24/h5-6,9-17,20,22H,4,7-8,18-19,21H2,1-3H3. The smallest absolute Gasteiger partial charge is 0.255 e. The highest BCUT2D eigenvalue weighted by Gasteiger charge is 2.17. The molecule has 0 N–H and O–H groups in total. The molecule has 0 spiro atoms. The summed E-state index contributed by atoms with van der Waals surface area (Å²) in [7, 11) is 1.80. The first-order valence-corrected chi connectivity index (χ1v) is 12.4. The molecule has 0 aliphatic carbocycles. The summed E-state index contributed by atoms with van der Waals surface area (Å²) in [6, 6.07) is 20.2. The average Bonchev–Trinajstić information content (AvgIpc) is 3.25. The molecule has 0 saturated carbocycles. The number of amides is 1. The molecule has 1 atom stereocenters. The van der Waals surface area contributed by atoms with Crippen LogP contribution in [0.25, 0.3) is 11.0 Å². The zero-order chi connectivity index (χ0) is 24.6. The van der Waals surface area contributed by atoms with Crippen molar-refractivity contribution in [2.75, 3.05) is 13.7 Å². The van der Waals surface area contributed by atoms with Gasteiger partial charge in [0.2, 0.25) is 0 Å². The summed E-state index contributed by atoms with van der Waals surface area (Å²) < 4.78 is 8.20. The number of pyridine rings is 1. The highest BCUT2D eigenvalue weighted by molar-refractivity contribution is 5.93. The maximum absolute atomic E-state index is 12.8. The number of carbonyl (C=O) groups is 1. The number of unbranched alkanes of at least 4 members (excludes halogenated alkanes) is 1. The second-order valence-electron chi connectivity index (χ2n) is 9.01. The van der Waals surface area contributed by atoms with Gasteiger partial charge in [0.25, 0.3) is 5.91 Å². The molecule has 2 aromatic carbocycles. The molecule has 2 aromatic heterocycles. The minimum absolute atomic E-state index is 0.0653. The quantitative estimate of drug-likeness (QED) is 0.249. The second kappa shape index (κ2) is 11.6. The molecule has 1 amide bonds. The first-order chi connectivity index (χ1) is 17.1. The third-order valence-electron chi connectivity index (χ3n) is 6.47. The molecule has 182 valence electrons. The number of fused-ring (bicyclic) bond motifs is 1. The van der Waals surface area contributed by atoms with Crippen LogP contribution in [0.15, 0.2) is 73.1 Å². The lowest BCUT2D eigenvalue weighted by molar-refractivity contribution is 0.0779. The molecular formula is C29H34N4O2. The van der Waals surface area contributed by atoms with Crippen LogP contribution in [0.4, 0.5) is 0 Å². The van der Waals surface area contributed by atoms with Crippen molar-refractivity contribution in [1.29, 1.82) is 0 Å². The summed E-state index contributed by atoms with van der Waals surface area (Å²) in [5, 5.41) is 0. The highest BCUT2D eigenvalue weighted by Crippen LogP contribution is 2.22. The molecule has 0 aliphatic rings. The van der Waals surface area contributed by atoms with Crippen molar-refractivity contribution in [3.8, 4) is 5.75 Å². The van der Waals surface area contributed by atoms with Gasteiger partial charge in [-0.3, -0.25) is 9.78 Å². The van der Waals surface area contributed by atoms with Gasteiger partial charge in [0, 0.05) is 26.0 Å². The number of hydrogen-bond donors (Lipinski definition) is 0. The van der Waals surface area contributed by atoms with Gasteiger partial charge in [-0.25, -0.2) is 4.98 Å². The van der Waals surface area contributed by atoms with Gasteiger partial charge in [0.05, 0.1) is 29.7 Å². The topological polar surface area (TPSA) is 60.2 Å². The normalized spacial score (nSPS) is 12.0. The summed E-state index contributed by atoms with van der Waals surface area (Å²) >= 11 is 0. The molecule has 2 heterocycles. The number of para-hydroxylation sites is 2. The predicted octanol–water partition coefficient (Wildman–Crippen LogP) is 6.08. The zero-order valence-corrected chi connectivity index (χ0v) is 20.9. The number of aryl methyl sites for hydroxylation is 1. The third kappa shape index (κ3) is 6.07. The van der Waals surface area contributed by atoms with Gasteiger partial charge >= 0.3 is 0 Å². The van der Waals surface area contributed by atoms with Gasteiger partial charge in [-0.15, -0.1) is 0 Å². The number of carbonyl (C=O) groups excluding carboxylic acids is 1. The summed E-state index contributed by atoms with van der Waals surface area (Å²) in [5.74, 6) is 2.31. The Bertz CT molecular complexity index is 1230. The number of aromatic nitrogens is 3. The van der Waals surface area contributed by atoms with E-state index in [0.29, 0.717) is 24.6 Å². The van der Waals surface area contributed by atoms with Crippen molar-refractivity contribution < 1.29 is 9.53 Å². The van der Waals surface area contributed by atoms with Gasteiger partial charge in [-0.1, -0.05) is 38.1 Å². The monoisotopic (exact) mass is 470 g/mol. The van der Waals surface area contributed by atoms with E-state index in [-0.39, 0.29) is 5.91 Å². The van der Waals surface area contributed by atoms with Crippen molar-refractivity contribution in [1.82, 2.24) is 19.4 Å². The molecule has 35 heavy (non-hydrogen) atoms. The first-order valence-electron chi connectivity index (χ1n) is 12.4. The number of hydrogen-bond acceptors (Lipinski definition) is 4. The minimum atomic E-state index is -0.0653. The predicted molar refractivity (Wildman–Crippen MR) is 140 cm³/mol. The van der Waals surface area contributed by atoms with E-state index in [0.717, 1.165) is 48.4 Å². The lowest BCUT2D eigenvalue weighted by atomic mass is 9.99. The van der Waals surface area contributed by atoms with Crippen LogP contribution in [0.2, 0.25) is 0 Å². The van der Waals surface area contributed by atoms with E-state index in [9.17, 15) is 4.79 Å². The fourth-order valence-corrected chi connectivity index (χ4v) is 4.18. The summed E-state index contributed by atoms with van der Waals surface area (Å²) in [6.07, 6.45) is 6.29. The number of nitrogens with zero attached hydrogens (tertiary/aromatic N) is 4. The maximum Gasteiger partial charge on any atom is 0.255 e. The first kappa shape index (κ1) is 24.5. The maximum atomic E-state index is 12.8. The summed E-state index contributed by atoms with van der Waals surface area (Å²) in [5.41, 5.74) is 3.96. The number of rotatable bonds is 11. The number of ether oxygens (including phenoxy) is 1. The van der Waals surface area contributed by atoms with Crippen molar-refractivity contribution in [3.05, 3.63) is 90.0 Å². The minimum Gasteiger partial charge on any atom is -0.494 e. The van der Waals surface area contributed by atoms with Gasteiger partial charge in [0.15, 0.2) is 0 Å². The van der Waals surface area contributed by atoms with Gasteiger partial charge in [-0.2, -0.15) is 0 Å². The van der Waals surface area contributed by atoms with Crippen molar-refractivity contribution in [2.45, 2.75) is 52.1 Å². The van der Waals surface area contributed by atoms with E-state index in [4.69, 9.17) is 9.72 Å². The van der Waals surface area contributed by atoms with E-state index >= 15 is 0 Å². The van der Waals surface area contributed by atoms with Crippen LogP contribution in [0, 0.1) is 0 Å². The van der Waals surface area contributed by atoms with Gasteiger partial charge in [0.1, 0.15) is 11.6 Å². The van der Waals surface area contributed by atoms with Crippen molar-refractivity contribution >= 4 is 16.9 Å². The molecule has 6 nitrogen and oxygen atoms in total. The molecule has 6 heteroatoms. The summed E-state index contributed by atoms with van der Waals surface area (Å²) in [4.78, 5) is 23.4. The molecular weight excluding hydrogens is 436 g/mol. The number of benzene rings is 2. The van der Waals surface area contributed by atoms with E-state index in [1.807, 2.05) is 18.2 Å². The van der Waals surface area contributed by atoms with E-state index in [2.05, 4.69) is 53.7 Å². The van der Waals surface area contributed by atoms with E-state index in [1.54, 1.807) is 36.5 Å². The van der Waals surface area contributed by atoms with Crippen molar-refractivity contribution in [3.63, 3.8) is 0 Å². The summed E-state index contributed by atoms with van der Waals surface area (Å²) in [6.45, 7) is 6.38. The van der Waals surface area contributed by atoms with Crippen LogP contribution in [-0.2, 0) is 13.1 Å². The molecule has 0 fully saturated rings. The van der Waals surface area contributed by atoms with E-state index < -0.39 is 0 Å². The SMILES string of the molecule is CCC(C)c1ccc(OCCCCn2c(CN(C)C(=O)c3cccnc3)nc3ccccc32)cc1. The molecule has 1 unspecified atom stereocenters. The van der Waals surface area contributed by atoms with Gasteiger partial charge < -0.3 is 14.2 Å². The average molecular weight is 471 g/mol. The van der Waals surface area contributed by atoms with Crippen LogP contribution in [0.5, 0.6) is 5.75 Å². The Hall–Kier alpha value is -3.67. The molecule has 0 saturated heterocycles. The highest BCUT2D eigenvalue weighted by atomic mass is 16.5. The van der Waals surface area contributed by atoms with Gasteiger partial charge in [-0.05, 0) is 67.1 Å². The Morgan fingerprint density at radius 2 is 1.86 bits per heavy atom. The van der Waals surface area contributed by atoms with E-state index in [1.165, 1.54) is 5.56 Å². The Kier molecular flexibility index (Phi) is 8.14. The fourth-order valence-electron chi connectivity index (χ4n) is 4.18. The Morgan fingerprint density at radius 3 is 2.60 bits per heavy atom. The third-order valence-corrected chi connectivity index (χ3v) is 6.47. The zero-order valence-electron chi connectivity index (χ0n) is 20.9. The molecule has 4 rings (SSSR count). The van der Waals surface area contributed by atoms with Crippen LogP contribution in [0.1, 0.15) is 60.8 Å². The van der Waals surface area contributed by atoms with Crippen LogP contribution >= 0.6 is 0 Å². The Labute approximate surface area is 207 Å². The molecule has 0 aliphatic heterocycles. The Morgan fingerprint density at radius 1 is 1.06 bits per heavy atom. The largest absolute Gasteiger partial charge is 0.494 e. The lowest BCUT2D eigenvalue weighted by Gasteiger charge is -2.18. The number of imidazole rings is 1. The molecule has 0 radical (unpaired) electrons. The molecule has 0 bridgehead atoms. The Balaban J connectivity index is 1.36. The lowest BCUT2D eigenvalue weighted by Crippen LogP contribution is -2.28. The van der Waals surface area contributed by atoms with Crippen LogP contribution in [0.3, 0.4) is 0 Å². The fraction of sp³-hybridized carbons (Fsp3) is 0.345. The second-order valence-corrected chi connectivity index (χ2v) is 9.01. The molecule has 4 aromatic rings.